The number of rotatable bonds is 7. The van der Waals surface area contributed by atoms with E-state index in [2.05, 4.69) is 229 Å². The Balaban J connectivity index is 1.25. The van der Waals surface area contributed by atoms with Crippen molar-refractivity contribution in [2.24, 2.45) is 0 Å². The lowest BCUT2D eigenvalue weighted by atomic mass is 9.51. The highest BCUT2D eigenvalue weighted by Gasteiger charge is 2.58. The molecule has 57 heavy (non-hydrogen) atoms. The van der Waals surface area contributed by atoms with Gasteiger partial charge in [-0.3, -0.25) is 0 Å². The molecule has 11 rings (SSSR count). The maximum atomic E-state index is 2.47. The van der Waals surface area contributed by atoms with Crippen molar-refractivity contribution in [3.05, 3.63) is 275 Å². The lowest BCUT2D eigenvalue weighted by Gasteiger charge is -2.50. The maximum absolute atomic E-state index is 2.47. The zero-order valence-corrected chi connectivity index (χ0v) is 31.7. The van der Waals surface area contributed by atoms with Crippen LogP contribution in [0.3, 0.4) is 0 Å². The monoisotopic (exact) mass is 727 g/mol. The Morgan fingerprint density at radius 1 is 0.386 bits per heavy atom. The van der Waals surface area contributed by atoms with Crippen molar-refractivity contribution in [1.29, 1.82) is 0 Å². The van der Waals surface area contributed by atoms with Gasteiger partial charge in [-0.2, -0.15) is 0 Å². The predicted octanol–water partition coefficient (Wildman–Crippen LogP) is 13.9. The normalized spacial score (nSPS) is 18.6. The molecule has 8 aromatic rings. The fourth-order valence-corrected chi connectivity index (χ4v) is 10.5. The summed E-state index contributed by atoms with van der Waals surface area (Å²) in [5.74, 6) is 0. The molecule has 0 aromatic heterocycles. The number of anilines is 3. The Morgan fingerprint density at radius 2 is 0.912 bits per heavy atom. The highest BCUT2D eigenvalue weighted by Crippen LogP contribution is 2.66. The molecule has 1 heteroatoms. The number of benzene rings is 8. The van der Waals surface area contributed by atoms with E-state index in [0.29, 0.717) is 0 Å². The molecular weight excluding hydrogens is 687 g/mol. The molecule has 0 N–H and O–H groups in total. The number of nitrogens with zero attached hydrogens (tertiary/aromatic N) is 1. The van der Waals surface area contributed by atoms with Gasteiger partial charge in [-0.1, -0.05) is 194 Å². The Labute approximate surface area is 335 Å². The van der Waals surface area contributed by atoms with Gasteiger partial charge in [-0.15, -0.1) is 0 Å². The number of fused-ring (bicyclic) bond motifs is 5. The number of hydrogen-bond acceptors (Lipinski definition) is 1. The van der Waals surface area contributed by atoms with Crippen molar-refractivity contribution >= 4 is 22.6 Å². The molecule has 0 bridgehead atoms. The van der Waals surface area contributed by atoms with Crippen molar-refractivity contribution < 1.29 is 0 Å². The molecule has 1 nitrogen and oxygen atoms in total. The van der Waals surface area contributed by atoms with Gasteiger partial charge in [0.05, 0.1) is 16.5 Å². The summed E-state index contributed by atoms with van der Waals surface area (Å²) < 4.78 is 0. The fourth-order valence-electron chi connectivity index (χ4n) is 10.5. The number of hydrogen-bond donors (Lipinski definition) is 0. The smallest absolute Gasteiger partial charge is 0.0728 e. The van der Waals surface area contributed by atoms with Crippen LogP contribution in [0.4, 0.5) is 17.1 Å². The van der Waals surface area contributed by atoms with Gasteiger partial charge in [-0.25, -0.2) is 0 Å². The van der Waals surface area contributed by atoms with Crippen LogP contribution >= 0.6 is 0 Å². The first-order chi connectivity index (χ1) is 28.3. The molecule has 8 aromatic carbocycles. The van der Waals surface area contributed by atoms with E-state index in [1.807, 2.05) is 0 Å². The molecule has 0 saturated heterocycles. The van der Waals surface area contributed by atoms with Gasteiger partial charge in [0.15, 0.2) is 0 Å². The minimum atomic E-state index is -0.674. The molecule has 270 valence electrons. The van der Waals surface area contributed by atoms with Crippen LogP contribution in [0.15, 0.2) is 224 Å². The van der Waals surface area contributed by atoms with Gasteiger partial charge in [0, 0.05) is 11.4 Å². The fraction of sp³-hybridized carbons (Fsp3) is 0.0714. The quantitative estimate of drug-likeness (QED) is 0.158. The van der Waals surface area contributed by atoms with E-state index in [-0.39, 0.29) is 0 Å². The summed E-state index contributed by atoms with van der Waals surface area (Å²) in [5.41, 5.74) is 17.9. The van der Waals surface area contributed by atoms with E-state index in [4.69, 9.17) is 0 Å². The zero-order chi connectivity index (χ0) is 37.8. The Bertz CT molecular complexity index is 2830. The van der Waals surface area contributed by atoms with Gasteiger partial charge in [0.2, 0.25) is 0 Å². The topological polar surface area (TPSA) is 3.24 Å². The average molecular weight is 728 g/mol. The van der Waals surface area contributed by atoms with Crippen LogP contribution in [0, 0.1) is 0 Å². The van der Waals surface area contributed by atoms with Crippen molar-refractivity contribution in [3.63, 3.8) is 0 Å². The third kappa shape index (κ3) is 4.82. The van der Waals surface area contributed by atoms with Gasteiger partial charge >= 0.3 is 0 Å². The summed E-state index contributed by atoms with van der Waals surface area (Å²) in [4.78, 5) is 2.47. The van der Waals surface area contributed by atoms with E-state index >= 15 is 0 Å². The van der Waals surface area contributed by atoms with E-state index < -0.39 is 10.8 Å². The minimum Gasteiger partial charge on any atom is -0.310 e. The first kappa shape index (κ1) is 33.4. The second-order valence-corrected chi connectivity index (χ2v) is 15.4. The molecule has 0 aliphatic heterocycles. The molecular formula is C56H41N. The average Bonchev–Trinajstić information content (AvgIpc) is 3.61. The van der Waals surface area contributed by atoms with Crippen molar-refractivity contribution in [3.8, 4) is 11.1 Å². The van der Waals surface area contributed by atoms with E-state index in [1.54, 1.807) is 0 Å². The van der Waals surface area contributed by atoms with Gasteiger partial charge in [0.1, 0.15) is 0 Å². The highest BCUT2D eigenvalue weighted by molar-refractivity contribution is 5.93. The lowest BCUT2D eigenvalue weighted by molar-refractivity contribution is 0.627. The maximum Gasteiger partial charge on any atom is 0.0728 e. The van der Waals surface area contributed by atoms with Crippen LogP contribution in [-0.2, 0) is 10.8 Å². The molecule has 0 amide bonds. The van der Waals surface area contributed by atoms with E-state index in [0.717, 1.165) is 29.9 Å². The summed E-state index contributed by atoms with van der Waals surface area (Å²) in [6.07, 6.45) is 8.85. The summed E-state index contributed by atoms with van der Waals surface area (Å²) in [5, 5.41) is 0. The molecule has 0 spiro atoms. The van der Waals surface area contributed by atoms with E-state index in [1.165, 1.54) is 66.8 Å². The molecule has 0 radical (unpaired) electrons. The SMILES string of the molecule is C1=CCCC(c2ccc(N(c3ccccc3)c3ccccc3C3(c4ccccc4)c4ccccc4C4(c5ccccc5)c5ccccc5-c5cccc3c54)cc2)=C1. The van der Waals surface area contributed by atoms with E-state index in [9.17, 15) is 0 Å². The summed E-state index contributed by atoms with van der Waals surface area (Å²) >= 11 is 0. The van der Waals surface area contributed by atoms with Crippen LogP contribution in [0.5, 0.6) is 0 Å². The standard InChI is InChI=1S/C56H41N/c1-5-20-40(21-6-1)41-36-38-45(39-37-41)57(44-26-11-4-12-27-44)53-35-18-17-33-51(53)55(42-22-7-2-8-23-42)49-31-15-16-32-50(49)56(43-24-9-3-10-25-43)48-30-14-13-28-46(48)47-29-19-34-52(55)54(47)56/h1-5,7-20,22-39H,6,21H2. The third-order valence-electron chi connectivity index (χ3n) is 12.7. The molecule has 3 aliphatic carbocycles. The number of para-hydroxylation sites is 2. The van der Waals surface area contributed by atoms with Crippen LogP contribution in [0.25, 0.3) is 16.7 Å². The van der Waals surface area contributed by atoms with Gasteiger partial charge < -0.3 is 4.90 Å². The molecule has 0 heterocycles. The van der Waals surface area contributed by atoms with Crippen LogP contribution < -0.4 is 4.90 Å². The molecule has 0 saturated carbocycles. The lowest BCUT2D eigenvalue weighted by Crippen LogP contribution is -2.44. The van der Waals surface area contributed by atoms with Gasteiger partial charge in [-0.05, 0) is 110 Å². The number of allylic oxidation sites excluding steroid dienone is 4. The molecule has 2 unspecified atom stereocenters. The van der Waals surface area contributed by atoms with Crippen molar-refractivity contribution in [2.45, 2.75) is 23.7 Å². The second kappa shape index (κ2) is 13.4. The van der Waals surface area contributed by atoms with Gasteiger partial charge in [0.25, 0.3) is 0 Å². The third-order valence-corrected chi connectivity index (χ3v) is 12.7. The predicted molar refractivity (Wildman–Crippen MR) is 237 cm³/mol. The second-order valence-electron chi connectivity index (χ2n) is 15.4. The molecule has 0 fully saturated rings. The summed E-state index contributed by atoms with van der Waals surface area (Å²) in [6, 6.07) is 77.2. The zero-order valence-electron chi connectivity index (χ0n) is 31.7. The van der Waals surface area contributed by atoms with Crippen molar-refractivity contribution in [2.75, 3.05) is 4.90 Å². The largest absolute Gasteiger partial charge is 0.310 e. The van der Waals surface area contributed by atoms with Crippen LogP contribution in [0.2, 0.25) is 0 Å². The summed E-state index contributed by atoms with van der Waals surface area (Å²) in [6.45, 7) is 0. The van der Waals surface area contributed by atoms with Crippen LogP contribution in [0.1, 0.15) is 62.9 Å². The Hall–Kier alpha value is -6.96. The first-order valence-corrected chi connectivity index (χ1v) is 20.2. The van der Waals surface area contributed by atoms with Crippen LogP contribution in [-0.4, -0.2) is 0 Å². The Morgan fingerprint density at radius 3 is 1.60 bits per heavy atom. The minimum absolute atomic E-state index is 0.495. The highest BCUT2D eigenvalue weighted by atomic mass is 15.1. The first-order valence-electron chi connectivity index (χ1n) is 20.2. The van der Waals surface area contributed by atoms with Crippen molar-refractivity contribution in [1.82, 2.24) is 0 Å². The summed E-state index contributed by atoms with van der Waals surface area (Å²) in [7, 11) is 0. The molecule has 2 atom stereocenters. The Kier molecular flexibility index (Phi) is 7.82. The molecule has 3 aliphatic rings.